The van der Waals surface area contributed by atoms with E-state index in [0.717, 1.165) is 11.8 Å². The molecule has 0 atom stereocenters. The quantitative estimate of drug-likeness (QED) is 0.832. The summed E-state index contributed by atoms with van der Waals surface area (Å²) in [6.07, 6.45) is 1.69. The minimum Gasteiger partial charge on any atom is -0.487 e. The molecular formula is C15H15NO4S. The Balaban J connectivity index is 2.23. The van der Waals surface area contributed by atoms with Crippen LogP contribution in [0.2, 0.25) is 0 Å². The molecule has 0 amide bonds. The molecule has 0 unspecified atom stereocenters. The maximum absolute atomic E-state index is 11.4. The number of benzene rings is 2. The van der Waals surface area contributed by atoms with Gasteiger partial charge in [0.05, 0.1) is 11.9 Å². The number of nitrogens with one attached hydrogen (secondary N) is 1. The molecule has 2 aromatic carbocycles. The number of rotatable bonds is 6. The van der Waals surface area contributed by atoms with Gasteiger partial charge < -0.3 is 4.74 Å². The largest absolute Gasteiger partial charge is 0.487 e. The van der Waals surface area contributed by atoms with E-state index >= 15 is 0 Å². The van der Waals surface area contributed by atoms with Crippen molar-refractivity contribution in [3.05, 3.63) is 59.7 Å². The number of ether oxygens (including phenoxy) is 1. The standard InChI is InChI=1S/C15H15NO4S/c1-21(18,19)16-14-9-13(10-17)7-8-15(14)20-11-12-5-3-2-4-6-12/h2-10,16H,11H2,1H3. The molecule has 21 heavy (non-hydrogen) atoms. The molecule has 0 saturated carbocycles. The van der Waals surface area contributed by atoms with Gasteiger partial charge in [-0.3, -0.25) is 9.52 Å². The van der Waals surface area contributed by atoms with E-state index in [-0.39, 0.29) is 5.69 Å². The van der Waals surface area contributed by atoms with Gasteiger partial charge in [0, 0.05) is 5.56 Å². The summed E-state index contributed by atoms with van der Waals surface area (Å²) in [4.78, 5) is 10.8. The minimum absolute atomic E-state index is 0.248. The molecule has 0 radical (unpaired) electrons. The maximum Gasteiger partial charge on any atom is 0.229 e. The summed E-state index contributed by atoms with van der Waals surface area (Å²) in [7, 11) is -3.45. The molecule has 5 nitrogen and oxygen atoms in total. The zero-order chi connectivity index (χ0) is 15.3. The van der Waals surface area contributed by atoms with Crippen LogP contribution in [-0.4, -0.2) is 21.0 Å². The van der Waals surface area contributed by atoms with Crippen molar-refractivity contribution in [2.75, 3.05) is 11.0 Å². The minimum atomic E-state index is -3.45. The zero-order valence-electron chi connectivity index (χ0n) is 11.4. The summed E-state index contributed by atoms with van der Waals surface area (Å²) in [5, 5.41) is 0. The van der Waals surface area contributed by atoms with Crippen LogP contribution in [0.3, 0.4) is 0 Å². The van der Waals surface area contributed by atoms with Crippen LogP contribution >= 0.6 is 0 Å². The van der Waals surface area contributed by atoms with Crippen molar-refractivity contribution in [2.24, 2.45) is 0 Å². The number of aldehydes is 1. The Kier molecular flexibility index (Phi) is 4.59. The molecule has 2 rings (SSSR count). The third-order valence-corrected chi connectivity index (χ3v) is 3.26. The molecule has 0 aliphatic heterocycles. The molecule has 2 aromatic rings. The van der Waals surface area contributed by atoms with E-state index in [1.807, 2.05) is 30.3 Å². The smallest absolute Gasteiger partial charge is 0.229 e. The van der Waals surface area contributed by atoms with Crippen molar-refractivity contribution in [3.63, 3.8) is 0 Å². The van der Waals surface area contributed by atoms with Crippen molar-refractivity contribution in [3.8, 4) is 5.75 Å². The summed E-state index contributed by atoms with van der Waals surface area (Å²) < 4.78 is 30.7. The number of carbonyl (C=O) groups excluding carboxylic acids is 1. The van der Waals surface area contributed by atoms with Crippen molar-refractivity contribution >= 4 is 22.0 Å². The fourth-order valence-corrected chi connectivity index (χ4v) is 2.32. The molecule has 110 valence electrons. The average Bonchev–Trinajstić information content (AvgIpc) is 2.45. The topological polar surface area (TPSA) is 72.5 Å². The lowest BCUT2D eigenvalue weighted by Crippen LogP contribution is -2.11. The summed E-state index contributed by atoms with van der Waals surface area (Å²) in [5.41, 5.74) is 1.58. The lowest BCUT2D eigenvalue weighted by molar-refractivity contribution is 0.112. The molecule has 0 bridgehead atoms. The van der Waals surface area contributed by atoms with E-state index in [4.69, 9.17) is 4.74 Å². The SMILES string of the molecule is CS(=O)(=O)Nc1cc(C=O)ccc1OCc1ccccc1. The van der Waals surface area contributed by atoms with E-state index in [0.29, 0.717) is 24.2 Å². The predicted molar refractivity (Wildman–Crippen MR) is 81.1 cm³/mol. The molecule has 0 saturated heterocycles. The Morgan fingerprint density at radius 1 is 1.14 bits per heavy atom. The van der Waals surface area contributed by atoms with Crippen LogP contribution in [0.4, 0.5) is 5.69 Å². The van der Waals surface area contributed by atoms with E-state index in [1.54, 1.807) is 12.1 Å². The summed E-state index contributed by atoms with van der Waals surface area (Å²) in [6, 6.07) is 14.1. The molecule has 0 aliphatic rings. The Labute approximate surface area is 123 Å². The maximum atomic E-state index is 11.4. The summed E-state index contributed by atoms with van der Waals surface area (Å²) in [5.74, 6) is 0.370. The predicted octanol–water partition coefficient (Wildman–Crippen LogP) is 2.45. The van der Waals surface area contributed by atoms with E-state index in [9.17, 15) is 13.2 Å². The van der Waals surface area contributed by atoms with Gasteiger partial charge in [-0.2, -0.15) is 0 Å². The summed E-state index contributed by atoms with van der Waals surface area (Å²) in [6.45, 7) is 0.305. The molecule has 1 N–H and O–H groups in total. The van der Waals surface area contributed by atoms with Gasteiger partial charge in [-0.1, -0.05) is 30.3 Å². The number of hydrogen-bond donors (Lipinski definition) is 1. The number of carbonyl (C=O) groups is 1. The average molecular weight is 305 g/mol. The lowest BCUT2D eigenvalue weighted by Gasteiger charge is -2.13. The van der Waals surface area contributed by atoms with Gasteiger partial charge in [-0.05, 0) is 23.8 Å². The Morgan fingerprint density at radius 3 is 2.48 bits per heavy atom. The van der Waals surface area contributed by atoms with E-state index < -0.39 is 10.0 Å². The van der Waals surface area contributed by atoms with Crippen LogP contribution in [0, 0.1) is 0 Å². The second-order valence-corrected chi connectivity index (χ2v) is 6.27. The molecule has 0 fully saturated rings. The van der Waals surface area contributed by atoms with Gasteiger partial charge in [0.15, 0.2) is 0 Å². The fraction of sp³-hybridized carbons (Fsp3) is 0.133. The van der Waals surface area contributed by atoms with Crippen molar-refractivity contribution in [2.45, 2.75) is 6.61 Å². The van der Waals surface area contributed by atoms with Gasteiger partial charge in [-0.15, -0.1) is 0 Å². The van der Waals surface area contributed by atoms with Crippen LogP contribution in [0.1, 0.15) is 15.9 Å². The van der Waals surface area contributed by atoms with Crippen LogP contribution in [0.25, 0.3) is 0 Å². The fourth-order valence-electron chi connectivity index (χ4n) is 1.76. The number of anilines is 1. The second-order valence-electron chi connectivity index (χ2n) is 4.52. The molecule has 0 aromatic heterocycles. The first kappa shape index (κ1) is 15.1. The molecule has 0 spiro atoms. The first-order valence-electron chi connectivity index (χ1n) is 6.22. The Morgan fingerprint density at radius 2 is 1.86 bits per heavy atom. The van der Waals surface area contributed by atoms with Crippen molar-refractivity contribution < 1.29 is 17.9 Å². The van der Waals surface area contributed by atoms with Gasteiger partial charge >= 0.3 is 0 Å². The first-order chi connectivity index (χ1) is 9.98. The molecule has 0 heterocycles. The third kappa shape index (κ3) is 4.61. The summed E-state index contributed by atoms with van der Waals surface area (Å²) >= 11 is 0. The number of sulfonamides is 1. The van der Waals surface area contributed by atoms with E-state index in [2.05, 4.69) is 4.72 Å². The Hall–Kier alpha value is -2.34. The van der Waals surface area contributed by atoms with Crippen LogP contribution < -0.4 is 9.46 Å². The lowest BCUT2D eigenvalue weighted by atomic mass is 10.2. The monoisotopic (exact) mass is 305 g/mol. The Bertz CT molecular complexity index is 727. The molecule has 6 heteroatoms. The highest BCUT2D eigenvalue weighted by atomic mass is 32.2. The third-order valence-electron chi connectivity index (χ3n) is 2.67. The normalized spacial score (nSPS) is 10.9. The molecular weight excluding hydrogens is 290 g/mol. The van der Waals surface area contributed by atoms with Crippen LogP contribution in [0.15, 0.2) is 48.5 Å². The highest BCUT2D eigenvalue weighted by Gasteiger charge is 2.10. The molecule has 0 aliphatic carbocycles. The van der Waals surface area contributed by atoms with Gasteiger partial charge in [0.1, 0.15) is 18.6 Å². The number of hydrogen-bond acceptors (Lipinski definition) is 4. The highest BCUT2D eigenvalue weighted by molar-refractivity contribution is 7.92. The van der Waals surface area contributed by atoms with Gasteiger partial charge in [0.25, 0.3) is 0 Å². The van der Waals surface area contributed by atoms with Gasteiger partial charge in [0.2, 0.25) is 10.0 Å². The van der Waals surface area contributed by atoms with Gasteiger partial charge in [-0.25, -0.2) is 8.42 Å². The van der Waals surface area contributed by atoms with Crippen LogP contribution in [0.5, 0.6) is 5.75 Å². The van der Waals surface area contributed by atoms with Crippen molar-refractivity contribution in [1.82, 2.24) is 0 Å². The van der Waals surface area contributed by atoms with E-state index in [1.165, 1.54) is 6.07 Å². The highest BCUT2D eigenvalue weighted by Crippen LogP contribution is 2.27. The second kappa shape index (κ2) is 6.41. The zero-order valence-corrected chi connectivity index (χ0v) is 12.3. The first-order valence-corrected chi connectivity index (χ1v) is 8.11. The van der Waals surface area contributed by atoms with Crippen LogP contribution in [-0.2, 0) is 16.6 Å². The van der Waals surface area contributed by atoms with Crippen molar-refractivity contribution in [1.29, 1.82) is 0 Å².